The van der Waals surface area contributed by atoms with Gasteiger partial charge < -0.3 is 4.42 Å². The summed E-state index contributed by atoms with van der Waals surface area (Å²) in [6, 6.07) is 30.4. The summed E-state index contributed by atoms with van der Waals surface area (Å²) < 4.78 is 7.04. The zero-order valence-corrected chi connectivity index (χ0v) is 18.8. The van der Waals surface area contributed by atoms with Gasteiger partial charge in [-0.25, -0.2) is 9.97 Å². The van der Waals surface area contributed by atoms with E-state index in [1.807, 2.05) is 11.6 Å². The summed E-state index contributed by atoms with van der Waals surface area (Å²) in [5.74, 6) is 0. The molecule has 0 atom stereocenters. The topological polar surface area (TPSA) is 38.9 Å². The van der Waals surface area contributed by atoms with E-state index in [9.17, 15) is 0 Å². The number of benzene rings is 6. The van der Waals surface area contributed by atoms with Crippen molar-refractivity contribution in [3.8, 4) is 11.1 Å². The van der Waals surface area contributed by atoms with E-state index in [0.29, 0.717) is 0 Å². The van der Waals surface area contributed by atoms with Gasteiger partial charge in [0.2, 0.25) is 0 Å². The molecule has 0 amide bonds. The van der Waals surface area contributed by atoms with Crippen LogP contribution in [0.1, 0.15) is 0 Å². The second kappa shape index (κ2) is 6.62. The minimum atomic E-state index is 0.844. The molecule has 8 aromatic rings. The molecule has 34 heavy (non-hydrogen) atoms. The predicted molar refractivity (Wildman–Crippen MR) is 143 cm³/mol. The van der Waals surface area contributed by atoms with Crippen LogP contribution >= 0.6 is 11.3 Å². The molecule has 0 radical (unpaired) electrons. The summed E-state index contributed by atoms with van der Waals surface area (Å²) in [5, 5.41) is 9.56. The maximum absolute atomic E-state index is 5.81. The van der Waals surface area contributed by atoms with Gasteiger partial charge in [-0.15, -0.1) is 11.3 Å². The monoisotopic (exact) mass is 452 g/mol. The van der Waals surface area contributed by atoms with Gasteiger partial charge in [-0.2, -0.15) is 0 Å². The molecule has 0 spiro atoms. The van der Waals surface area contributed by atoms with Crippen molar-refractivity contribution >= 4 is 75.7 Å². The fourth-order valence-corrected chi connectivity index (χ4v) is 6.23. The largest absolute Gasteiger partial charge is 0.443 e. The highest BCUT2D eigenvalue weighted by Crippen LogP contribution is 2.40. The molecular formula is C30H16N2OS. The Balaban J connectivity index is 1.44. The van der Waals surface area contributed by atoms with E-state index in [4.69, 9.17) is 9.40 Å². The third kappa shape index (κ3) is 2.35. The summed E-state index contributed by atoms with van der Waals surface area (Å²) in [5.41, 5.74) is 7.14. The first kappa shape index (κ1) is 18.2. The molecule has 0 aliphatic rings. The summed E-state index contributed by atoms with van der Waals surface area (Å²) >= 11 is 1.71. The summed E-state index contributed by atoms with van der Waals surface area (Å²) in [4.78, 5) is 9.27. The Morgan fingerprint density at radius 1 is 0.529 bits per heavy atom. The number of rotatable bonds is 1. The average Bonchev–Trinajstić information content (AvgIpc) is 3.59. The SMILES string of the molecule is c1ccc2c(c1)c1ccc(-c3ccc4c5ccccc5c5ocnc5c4c3)cc1c1scnc21. The molecule has 6 aromatic carbocycles. The van der Waals surface area contributed by atoms with E-state index in [2.05, 4.69) is 83.8 Å². The first-order valence-corrected chi connectivity index (χ1v) is 12.1. The molecule has 0 aliphatic carbocycles. The van der Waals surface area contributed by atoms with Crippen molar-refractivity contribution in [1.29, 1.82) is 0 Å². The quantitative estimate of drug-likeness (QED) is 0.234. The zero-order chi connectivity index (χ0) is 22.2. The Morgan fingerprint density at radius 3 is 1.94 bits per heavy atom. The lowest BCUT2D eigenvalue weighted by Gasteiger charge is -2.11. The number of hydrogen-bond donors (Lipinski definition) is 0. The van der Waals surface area contributed by atoms with Crippen LogP contribution in [0.4, 0.5) is 0 Å². The Bertz CT molecular complexity index is 1930. The van der Waals surface area contributed by atoms with Gasteiger partial charge in [0.05, 0.1) is 15.7 Å². The van der Waals surface area contributed by atoms with Crippen LogP contribution in [0.5, 0.6) is 0 Å². The minimum Gasteiger partial charge on any atom is -0.443 e. The molecule has 158 valence electrons. The molecular weight excluding hydrogens is 436 g/mol. The first-order chi connectivity index (χ1) is 16.9. The van der Waals surface area contributed by atoms with Gasteiger partial charge in [-0.1, -0.05) is 72.8 Å². The molecule has 0 bridgehead atoms. The summed E-state index contributed by atoms with van der Waals surface area (Å²) in [6.07, 6.45) is 1.55. The zero-order valence-electron chi connectivity index (χ0n) is 17.9. The van der Waals surface area contributed by atoms with Crippen molar-refractivity contribution in [2.75, 3.05) is 0 Å². The second-order valence-electron chi connectivity index (χ2n) is 8.67. The van der Waals surface area contributed by atoms with Crippen LogP contribution in [0.3, 0.4) is 0 Å². The van der Waals surface area contributed by atoms with Gasteiger partial charge >= 0.3 is 0 Å². The molecule has 0 aliphatic heterocycles. The van der Waals surface area contributed by atoms with E-state index in [0.717, 1.165) is 27.4 Å². The van der Waals surface area contributed by atoms with E-state index in [-0.39, 0.29) is 0 Å². The number of oxazole rings is 1. The van der Waals surface area contributed by atoms with Gasteiger partial charge in [-0.05, 0) is 44.8 Å². The maximum Gasteiger partial charge on any atom is 0.182 e. The molecule has 2 heterocycles. The number of thiazole rings is 1. The van der Waals surface area contributed by atoms with E-state index < -0.39 is 0 Å². The molecule has 0 saturated carbocycles. The van der Waals surface area contributed by atoms with Gasteiger partial charge in [0.25, 0.3) is 0 Å². The van der Waals surface area contributed by atoms with Crippen molar-refractivity contribution in [2.24, 2.45) is 0 Å². The number of aromatic nitrogens is 2. The van der Waals surface area contributed by atoms with E-state index >= 15 is 0 Å². The Morgan fingerprint density at radius 2 is 1.15 bits per heavy atom. The molecule has 0 fully saturated rings. The van der Waals surface area contributed by atoms with Crippen LogP contribution in [0.2, 0.25) is 0 Å². The third-order valence-electron chi connectivity index (χ3n) is 6.94. The van der Waals surface area contributed by atoms with Crippen LogP contribution < -0.4 is 0 Å². The molecule has 3 nitrogen and oxygen atoms in total. The number of nitrogens with zero attached hydrogens (tertiary/aromatic N) is 2. The lowest BCUT2D eigenvalue weighted by Crippen LogP contribution is -1.85. The van der Waals surface area contributed by atoms with Crippen LogP contribution in [-0.4, -0.2) is 9.97 Å². The van der Waals surface area contributed by atoms with Crippen LogP contribution in [-0.2, 0) is 0 Å². The molecule has 2 aromatic heterocycles. The minimum absolute atomic E-state index is 0.844. The lowest BCUT2D eigenvalue weighted by atomic mass is 9.94. The lowest BCUT2D eigenvalue weighted by molar-refractivity contribution is 0.605. The van der Waals surface area contributed by atoms with Crippen molar-refractivity contribution in [2.45, 2.75) is 0 Å². The third-order valence-corrected chi connectivity index (χ3v) is 7.80. The summed E-state index contributed by atoms with van der Waals surface area (Å²) in [6.45, 7) is 0. The highest BCUT2D eigenvalue weighted by atomic mass is 32.1. The van der Waals surface area contributed by atoms with Crippen LogP contribution in [0.25, 0.3) is 75.5 Å². The number of fused-ring (bicyclic) bond motifs is 12. The molecule has 0 N–H and O–H groups in total. The fourth-order valence-electron chi connectivity index (χ4n) is 5.40. The first-order valence-electron chi connectivity index (χ1n) is 11.2. The standard InChI is InChI=1S/C30H16N2OS/c1-3-7-23-19(5-1)22-12-10-18(14-26(22)30-28(23)32-16-34-30)17-9-11-21-20-6-2-4-8-24(20)29-27(25(21)13-17)31-15-33-29/h1-16H. The second-order valence-corrected chi connectivity index (χ2v) is 9.53. The van der Waals surface area contributed by atoms with Crippen molar-refractivity contribution < 1.29 is 4.42 Å². The van der Waals surface area contributed by atoms with Crippen molar-refractivity contribution in [3.05, 3.63) is 96.8 Å². The van der Waals surface area contributed by atoms with Gasteiger partial charge in [0, 0.05) is 21.5 Å². The van der Waals surface area contributed by atoms with Crippen molar-refractivity contribution in [3.63, 3.8) is 0 Å². The average molecular weight is 453 g/mol. The smallest absolute Gasteiger partial charge is 0.182 e. The number of hydrogen-bond acceptors (Lipinski definition) is 4. The Labute approximate surface area is 197 Å². The van der Waals surface area contributed by atoms with Gasteiger partial charge in [0.15, 0.2) is 12.0 Å². The highest BCUT2D eigenvalue weighted by Gasteiger charge is 2.15. The predicted octanol–water partition coefficient (Wildman–Crippen LogP) is 8.72. The van der Waals surface area contributed by atoms with E-state index in [1.54, 1.807) is 17.7 Å². The Kier molecular flexibility index (Phi) is 3.54. The fraction of sp³-hybridized carbons (Fsp3) is 0. The highest BCUT2D eigenvalue weighted by molar-refractivity contribution is 7.18. The van der Waals surface area contributed by atoms with Crippen molar-refractivity contribution in [1.82, 2.24) is 9.97 Å². The molecule has 0 unspecified atom stereocenters. The van der Waals surface area contributed by atoms with Gasteiger partial charge in [0.1, 0.15) is 5.52 Å². The van der Waals surface area contributed by atoms with Crippen LogP contribution in [0, 0.1) is 0 Å². The summed E-state index contributed by atoms with van der Waals surface area (Å²) in [7, 11) is 0. The normalized spacial score (nSPS) is 12.1. The molecule has 0 saturated heterocycles. The Hall–Kier alpha value is -4.28. The molecule has 8 rings (SSSR count). The molecule has 4 heteroatoms. The van der Waals surface area contributed by atoms with Gasteiger partial charge in [-0.3, -0.25) is 0 Å². The van der Waals surface area contributed by atoms with E-state index in [1.165, 1.54) is 48.1 Å². The maximum atomic E-state index is 5.81. The van der Waals surface area contributed by atoms with Crippen LogP contribution in [0.15, 0.2) is 101 Å².